The predicted molar refractivity (Wildman–Crippen MR) is 31.8 cm³/mol. The Balaban J connectivity index is 2.56. The fraction of sp³-hybridized carbons (Fsp3) is 0.500. The van der Waals surface area contributed by atoms with Crippen molar-refractivity contribution < 1.29 is 5.32 Å². The highest BCUT2D eigenvalue weighted by Gasteiger charge is 1.78. The molecule has 0 atom stereocenters. The van der Waals surface area contributed by atoms with Crippen molar-refractivity contribution in [3.05, 3.63) is 19.1 Å². The van der Waals surface area contributed by atoms with Gasteiger partial charge >= 0.3 is 0 Å². The number of hydrogen-bond acceptors (Lipinski definition) is 0. The Morgan fingerprint density at radius 2 is 2.29 bits per heavy atom. The van der Waals surface area contributed by atoms with E-state index in [1.165, 1.54) is 0 Å². The summed E-state index contributed by atoms with van der Waals surface area (Å²) in [7, 11) is 0. The number of nitrogens with two attached hydrogens (primary N) is 1. The summed E-state index contributed by atoms with van der Waals surface area (Å²) in [5.74, 6) is 0. The molecule has 1 radical (unpaired) electrons. The zero-order valence-electron chi connectivity index (χ0n) is 4.85. The maximum absolute atomic E-state index is 3.59. The molecule has 0 aliphatic heterocycles. The van der Waals surface area contributed by atoms with E-state index in [2.05, 4.69) is 25.2 Å². The number of quaternary nitrogens is 1. The lowest BCUT2D eigenvalue weighted by molar-refractivity contribution is -0.639. The zero-order chi connectivity index (χ0) is 5.54. The van der Waals surface area contributed by atoms with E-state index >= 15 is 0 Å². The van der Waals surface area contributed by atoms with E-state index in [0.717, 1.165) is 13.1 Å². The van der Waals surface area contributed by atoms with Gasteiger partial charge in [0.2, 0.25) is 0 Å². The molecule has 0 aliphatic rings. The van der Waals surface area contributed by atoms with Crippen molar-refractivity contribution in [3.8, 4) is 0 Å². The van der Waals surface area contributed by atoms with Crippen molar-refractivity contribution >= 4 is 0 Å². The van der Waals surface area contributed by atoms with E-state index in [9.17, 15) is 0 Å². The molecule has 0 aromatic heterocycles. The highest BCUT2D eigenvalue weighted by molar-refractivity contribution is 4.61. The topological polar surface area (TPSA) is 16.6 Å². The Labute approximate surface area is 45.4 Å². The molecule has 0 saturated heterocycles. The minimum Gasteiger partial charge on any atom is -0.343 e. The van der Waals surface area contributed by atoms with E-state index in [0.29, 0.717) is 0 Å². The van der Waals surface area contributed by atoms with Crippen molar-refractivity contribution in [2.24, 2.45) is 0 Å². The lowest BCUT2D eigenvalue weighted by Crippen LogP contribution is -2.83. The minimum atomic E-state index is 1.03. The van der Waals surface area contributed by atoms with E-state index < -0.39 is 0 Å². The van der Waals surface area contributed by atoms with Crippen LogP contribution in [0.15, 0.2) is 12.7 Å². The van der Waals surface area contributed by atoms with Crippen molar-refractivity contribution in [2.75, 3.05) is 13.1 Å². The van der Waals surface area contributed by atoms with Gasteiger partial charge in [-0.3, -0.25) is 0 Å². The van der Waals surface area contributed by atoms with Crippen molar-refractivity contribution in [3.63, 3.8) is 0 Å². The van der Waals surface area contributed by atoms with Gasteiger partial charge < -0.3 is 5.32 Å². The SMILES string of the molecule is C=CC[NH2+]C[CH]C. The van der Waals surface area contributed by atoms with Crippen LogP contribution in [0.2, 0.25) is 0 Å². The summed E-state index contributed by atoms with van der Waals surface area (Å²) in [6.45, 7) is 7.78. The van der Waals surface area contributed by atoms with Crippen molar-refractivity contribution in [1.82, 2.24) is 0 Å². The van der Waals surface area contributed by atoms with E-state index in [1.807, 2.05) is 6.08 Å². The van der Waals surface area contributed by atoms with Crippen LogP contribution in [0.4, 0.5) is 0 Å². The highest BCUT2D eigenvalue weighted by atomic mass is 14.8. The van der Waals surface area contributed by atoms with Gasteiger partial charge in [0.1, 0.15) is 0 Å². The highest BCUT2D eigenvalue weighted by Crippen LogP contribution is 1.56. The molecule has 0 spiro atoms. The van der Waals surface area contributed by atoms with E-state index in [4.69, 9.17) is 0 Å². The third-order valence-electron chi connectivity index (χ3n) is 0.736. The van der Waals surface area contributed by atoms with Crippen molar-refractivity contribution in [1.29, 1.82) is 0 Å². The normalized spacial score (nSPS) is 8.71. The van der Waals surface area contributed by atoms with Gasteiger partial charge in [-0.1, -0.05) is 13.5 Å². The smallest absolute Gasteiger partial charge is 0.0939 e. The predicted octanol–water partition coefficient (Wildman–Crippen LogP) is -0.0400. The molecule has 0 saturated carbocycles. The molecule has 0 unspecified atom stereocenters. The van der Waals surface area contributed by atoms with Gasteiger partial charge in [0.25, 0.3) is 0 Å². The molecule has 0 aliphatic carbocycles. The van der Waals surface area contributed by atoms with E-state index in [-0.39, 0.29) is 0 Å². The molecule has 1 heteroatoms. The van der Waals surface area contributed by atoms with Crippen LogP contribution < -0.4 is 5.32 Å². The minimum absolute atomic E-state index is 1.03. The first-order valence-corrected chi connectivity index (χ1v) is 2.62. The maximum Gasteiger partial charge on any atom is 0.0939 e. The van der Waals surface area contributed by atoms with E-state index in [1.54, 1.807) is 0 Å². The first-order chi connectivity index (χ1) is 3.41. The molecule has 2 N–H and O–H groups in total. The lowest BCUT2D eigenvalue weighted by Gasteiger charge is -1.89. The zero-order valence-corrected chi connectivity index (χ0v) is 4.85. The van der Waals surface area contributed by atoms with Gasteiger partial charge in [-0.05, 0) is 6.08 Å². The second kappa shape index (κ2) is 5.70. The fourth-order valence-electron chi connectivity index (χ4n) is 0.381. The largest absolute Gasteiger partial charge is 0.343 e. The van der Waals surface area contributed by atoms with Crippen LogP contribution in [0.1, 0.15) is 6.92 Å². The average molecular weight is 99.2 g/mol. The van der Waals surface area contributed by atoms with Gasteiger partial charge in [0, 0.05) is 6.42 Å². The summed E-state index contributed by atoms with van der Waals surface area (Å²) >= 11 is 0. The third-order valence-corrected chi connectivity index (χ3v) is 0.736. The molecule has 0 heterocycles. The Hall–Kier alpha value is -0.300. The van der Waals surface area contributed by atoms with Crippen LogP contribution in [0.25, 0.3) is 0 Å². The van der Waals surface area contributed by atoms with Crippen molar-refractivity contribution in [2.45, 2.75) is 6.92 Å². The molecule has 1 nitrogen and oxygen atoms in total. The number of hydrogen-bond donors (Lipinski definition) is 1. The standard InChI is InChI=1S/C6H12N/c1-3-5-7-6-4-2/h3-4,7H,1,5-6H2,2H3/p+1. The first kappa shape index (κ1) is 6.70. The van der Waals surface area contributed by atoms with Crippen LogP contribution in [0.3, 0.4) is 0 Å². The third kappa shape index (κ3) is 5.70. The quantitative estimate of drug-likeness (QED) is 0.376. The molecule has 0 amide bonds. The summed E-state index contributed by atoms with van der Waals surface area (Å²) in [6.07, 6.45) is 4.03. The summed E-state index contributed by atoms with van der Waals surface area (Å²) in [4.78, 5) is 0. The Kier molecular flexibility index (Phi) is 5.46. The molecule has 0 bridgehead atoms. The van der Waals surface area contributed by atoms with Gasteiger partial charge in [-0.2, -0.15) is 0 Å². The van der Waals surface area contributed by atoms with Crippen LogP contribution >= 0.6 is 0 Å². The molecule has 0 rings (SSSR count). The first-order valence-electron chi connectivity index (χ1n) is 2.62. The second-order valence-electron chi connectivity index (χ2n) is 1.46. The van der Waals surface area contributed by atoms with Crippen LogP contribution in [-0.4, -0.2) is 13.1 Å². The Morgan fingerprint density at radius 1 is 1.57 bits per heavy atom. The summed E-state index contributed by atoms with van der Waals surface area (Å²) in [5.41, 5.74) is 0. The van der Waals surface area contributed by atoms with Crippen LogP contribution in [0, 0.1) is 6.42 Å². The fourth-order valence-corrected chi connectivity index (χ4v) is 0.381. The summed E-state index contributed by atoms with van der Waals surface area (Å²) in [5, 5.41) is 2.19. The monoisotopic (exact) mass is 99.1 g/mol. The number of rotatable bonds is 4. The molecular formula is C6H13N+. The molecule has 7 heavy (non-hydrogen) atoms. The van der Waals surface area contributed by atoms with Crippen LogP contribution in [0.5, 0.6) is 0 Å². The molecule has 0 aromatic rings. The summed E-state index contributed by atoms with van der Waals surface area (Å²) in [6, 6.07) is 0. The van der Waals surface area contributed by atoms with Gasteiger partial charge in [0.15, 0.2) is 0 Å². The second-order valence-corrected chi connectivity index (χ2v) is 1.46. The lowest BCUT2D eigenvalue weighted by atomic mass is 10.5. The van der Waals surface area contributed by atoms with Crippen LogP contribution in [-0.2, 0) is 0 Å². The average Bonchev–Trinajstić information content (AvgIpc) is 1.69. The van der Waals surface area contributed by atoms with Gasteiger partial charge in [-0.25, -0.2) is 0 Å². The summed E-state index contributed by atoms with van der Waals surface area (Å²) < 4.78 is 0. The Morgan fingerprint density at radius 3 is 2.71 bits per heavy atom. The molecule has 41 valence electrons. The molecular weight excluding hydrogens is 86.1 g/mol. The molecule has 0 fully saturated rings. The van der Waals surface area contributed by atoms with Gasteiger partial charge in [-0.15, -0.1) is 0 Å². The maximum atomic E-state index is 3.59. The Bertz CT molecular complexity index is 41.4. The molecule has 0 aromatic carbocycles. The van der Waals surface area contributed by atoms with Gasteiger partial charge in [0.05, 0.1) is 13.1 Å².